The first kappa shape index (κ1) is 12.6. The number of nitrogens with two attached hydrogens (primary N) is 1. The Morgan fingerprint density at radius 2 is 2.33 bits per heavy atom. The summed E-state index contributed by atoms with van der Waals surface area (Å²) < 4.78 is 13.7. The molecule has 2 unspecified atom stereocenters. The summed E-state index contributed by atoms with van der Waals surface area (Å²) in [6, 6.07) is 4.52. The maximum Gasteiger partial charge on any atom is 0.254 e. The number of benzene rings is 1. The van der Waals surface area contributed by atoms with Crippen molar-refractivity contribution in [1.82, 2.24) is 5.32 Å². The quantitative estimate of drug-likeness (QED) is 0.772. The maximum atomic E-state index is 13.7. The average molecular weight is 246 g/mol. The van der Waals surface area contributed by atoms with Crippen LogP contribution in [0.25, 0.3) is 0 Å². The molecular formula is C14H15FN2O. The summed E-state index contributed by atoms with van der Waals surface area (Å²) >= 11 is 0. The van der Waals surface area contributed by atoms with Crippen LogP contribution < -0.4 is 11.1 Å². The molecule has 1 saturated carbocycles. The largest absolute Gasteiger partial charge is 0.349 e. The first-order valence-corrected chi connectivity index (χ1v) is 5.91. The van der Waals surface area contributed by atoms with Gasteiger partial charge in [0.25, 0.3) is 5.91 Å². The maximum absolute atomic E-state index is 13.7. The summed E-state index contributed by atoms with van der Waals surface area (Å²) in [4.78, 5) is 11.8. The van der Waals surface area contributed by atoms with E-state index in [0.717, 1.165) is 6.42 Å². The van der Waals surface area contributed by atoms with Crippen molar-refractivity contribution in [1.29, 1.82) is 0 Å². The minimum Gasteiger partial charge on any atom is -0.349 e. The number of rotatable bonds is 2. The Balaban J connectivity index is 2.11. The molecule has 2 rings (SSSR count). The number of carbonyl (C=O) groups excluding carboxylic acids is 1. The molecule has 1 fully saturated rings. The third kappa shape index (κ3) is 2.88. The fraction of sp³-hybridized carbons (Fsp3) is 0.357. The molecule has 0 spiro atoms. The highest BCUT2D eigenvalue weighted by Crippen LogP contribution is 2.29. The lowest BCUT2D eigenvalue weighted by Gasteiger charge is -2.05. The molecule has 0 saturated heterocycles. The number of amides is 1. The third-order valence-corrected chi connectivity index (χ3v) is 2.97. The Kier molecular flexibility index (Phi) is 3.63. The molecule has 0 bridgehead atoms. The number of hydrogen-bond acceptors (Lipinski definition) is 2. The summed E-state index contributed by atoms with van der Waals surface area (Å²) in [6.07, 6.45) is 0.966. The van der Waals surface area contributed by atoms with E-state index in [0.29, 0.717) is 11.5 Å². The molecule has 0 heterocycles. The van der Waals surface area contributed by atoms with Crippen molar-refractivity contribution in [2.45, 2.75) is 19.4 Å². The van der Waals surface area contributed by atoms with Gasteiger partial charge < -0.3 is 11.1 Å². The molecule has 2 atom stereocenters. The number of hydrogen-bond donors (Lipinski definition) is 2. The normalized spacial score (nSPS) is 20.8. The van der Waals surface area contributed by atoms with Crippen molar-refractivity contribution in [2.24, 2.45) is 11.7 Å². The topological polar surface area (TPSA) is 55.1 Å². The summed E-state index contributed by atoms with van der Waals surface area (Å²) in [6.45, 7) is 2.27. The molecule has 0 radical (unpaired) electrons. The van der Waals surface area contributed by atoms with E-state index in [1.165, 1.54) is 12.1 Å². The molecule has 1 aromatic carbocycles. The van der Waals surface area contributed by atoms with Crippen LogP contribution >= 0.6 is 0 Å². The smallest absolute Gasteiger partial charge is 0.254 e. The summed E-state index contributed by atoms with van der Waals surface area (Å²) in [5.74, 6) is 4.94. The van der Waals surface area contributed by atoms with Crippen LogP contribution in [0, 0.1) is 23.6 Å². The van der Waals surface area contributed by atoms with E-state index in [2.05, 4.69) is 17.2 Å². The molecule has 1 amide bonds. The van der Waals surface area contributed by atoms with Gasteiger partial charge in [0.15, 0.2) is 0 Å². The minimum atomic E-state index is -0.551. The van der Waals surface area contributed by atoms with Gasteiger partial charge in [0.1, 0.15) is 5.82 Å². The van der Waals surface area contributed by atoms with E-state index in [9.17, 15) is 9.18 Å². The molecule has 3 N–H and O–H groups in total. The van der Waals surface area contributed by atoms with Crippen LogP contribution in [0.2, 0.25) is 0 Å². The van der Waals surface area contributed by atoms with Gasteiger partial charge in [0.2, 0.25) is 0 Å². The fourth-order valence-corrected chi connectivity index (χ4v) is 1.70. The van der Waals surface area contributed by atoms with E-state index in [4.69, 9.17) is 5.73 Å². The second kappa shape index (κ2) is 5.19. The summed E-state index contributed by atoms with van der Waals surface area (Å²) in [5.41, 5.74) is 5.82. The zero-order chi connectivity index (χ0) is 13.1. The molecule has 0 aromatic heterocycles. The van der Waals surface area contributed by atoms with Crippen molar-refractivity contribution in [3.63, 3.8) is 0 Å². The van der Waals surface area contributed by atoms with Crippen LogP contribution in [-0.2, 0) is 0 Å². The molecule has 1 aliphatic rings. The van der Waals surface area contributed by atoms with Crippen molar-refractivity contribution >= 4 is 5.91 Å². The van der Waals surface area contributed by atoms with E-state index < -0.39 is 5.82 Å². The van der Waals surface area contributed by atoms with Crippen LogP contribution in [-0.4, -0.2) is 18.5 Å². The highest BCUT2D eigenvalue weighted by Gasteiger charge is 2.34. The van der Waals surface area contributed by atoms with E-state index in [1.54, 1.807) is 6.07 Å². The average Bonchev–Trinajstić information content (AvgIpc) is 3.02. The van der Waals surface area contributed by atoms with Gasteiger partial charge in [-0.1, -0.05) is 18.8 Å². The molecule has 18 heavy (non-hydrogen) atoms. The molecule has 3 nitrogen and oxygen atoms in total. The Labute approximate surface area is 106 Å². The second-order valence-electron chi connectivity index (χ2n) is 4.49. The Bertz CT molecular complexity index is 530. The highest BCUT2D eigenvalue weighted by atomic mass is 19.1. The standard InChI is InChI=1S/C14H15FN2O/c1-9-7-13(9)17-14(18)11-5-4-10(3-2-6-16)8-12(11)15/h4-5,8-9,13H,6-7,16H2,1H3,(H,17,18). The Morgan fingerprint density at radius 1 is 1.61 bits per heavy atom. The van der Waals surface area contributed by atoms with Crippen LogP contribution in [0.1, 0.15) is 29.3 Å². The van der Waals surface area contributed by atoms with Gasteiger partial charge >= 0.3 is 0 Å². The first-order valence-electron chi connectivity index (χ1n) is 5.91. The zero-order valence-corrected chi connectivity index (χ0v) is 10.2. The predicted molar refractivity (Wildman–Crippen MR) is 67.4 cm³/mol. The van der Waals surface area contributed by atoms with Gasteiger partial charge in [-0.2, -0.15) is 0 Å². The van der Waals surface area contributed by atoms with Gasteiger partial charge in [-0.05, 0) is 30.5 Å². The van der Waals surface area contributed by atoms with Crippen molar-refractivity contribution in [3.05, 3.63) is 35.1 Å². The number of carbonyl (C=O) groups is 1. The van der Waals surface area contributed by atoms with Gasteiger partial charge in [-0.3, -0.25) is 4.79 Å². The SMILES string of the molecule is CC1CC1NC(=O)c1ccc(C#CCN)cc1F. The molecule has 4 heteroatoms. The summed E-state index contributed by atoms with van der Waals surface area (Å²) in [5, 5.41) is 2.79. The molecule has 0 aliphatic heterocycles. The predicted octanol–water partition coefficient (Wildman–Crippen LogP) is 1.27. The lowest BCUT2D eigenvalue weighted by Crippen LogP contribution is -2.27. The van der Waals surface area contributed by atoms with Crippen LogP contribution in [0.5, 0.6) is 0 Å². The third-order valence-electron chi connectivity index (χ3n) is 2.97. The Morgan fingerprint density at radius 3 is 2.89 bits per heavy atom. The van der Waals surface area contributed by atoms with Gasteiger partial charge in [-0.15, -0.1) is 0 Å². The number of nitrogens with one attached hydrogen (secondary N) is 1. The minimum absolute atomic E-state index is 0.0624. The lowest BCUT2D eigenvalue weighted by atomic mass is 10.1. The Hall–Kier alpha value is -1.86. The van der Waals surface area contributed by atoms with E-state index in [1.807, 2.05) is 6.92 Å². The van der Waals surface area contributed by atoms with Crippen molar-refractivity contribution in [2.75, 3.05) is 6.54 Å². The second-order valence-corrected chi connectivity index (χ2v) is 4.49. The fourth-order valence-electron chi connectivity index (χ4n) is 1.70. The highest BCUT2D eigenvalue weighted by molar-refractivity contribution is 5.95. The van der Waals surface area contributed by atoms with Crippen molar-refractivity contribution in [3.8, 4) is 11.8 Å². The lowest BCUT2D eigenvalue weighted by molar-refractivity contribution is 0.0945. The monoisotopic (exact) mass is 246 g/mol. The molecule has 1 aliphatic carbocycles. The number of halogens is 1. The van der Waals surface area contributed by atoms with Crippen molar-refractivity contribution < 1.29 is 9.18 Å². The van der Waals surface area contributed by atoms with E-state index >= 15 is 0 Å². The zero-order valence-electron chi connectivity index (χ0n) is 10.2. The summed E-state index contributed by atoms with van der Waals surface area (Å²) in [7, 11) is 0. The molecule has 94 valence electrons. The van der Waals surface area contributed by atoms with Crippen LogP contribution in [0.3, 0.4) is 0 Å². The molecular weight excluding hydrogens is 231 g/mol. The van der Waals surface area contributed by atoms with Crippen LogP contribution in [0.15, 0.2) is 18.2 Å². The first-order chi connectivity index (χ1) is 8.61. The molecule has 1 aromatic rings. The van der Waals surface area contributed by atoms with Gasteiger partial charge in [-0.25, -0.2) is 4.39 Å². The van der Waals surface area contributed by atoms with Crippen LogP contribution in [0.4, 0.5) is 4.39 Å². The van der Waals surface area contributed by atoms with E-state index in [-0.39, 0.29) is 24.1 Å². The van der Waals surface area contributed by atoms with Gasteiger partial charge in [0, 0.05) is 11.6 Å². The van der Waals surface area contributed by atoms with Gasteiger partial charge in [0.05, 0.1) is 12.1 Å².